The Morgan fingerprint density at radius 3 is 2.84 bits per heavy atom. The lowest BCUT2D eigenvalue weighted by molar-refractivity contribution is 0.620. The highest BCUT2D eigenvalue weighted by molar-refractivity contribution is 5.69. The number of benzene rings is 1. The van der Waals surface area contributed by atoms with Gasteiger partial charge in [0.15, 0.2) is 0 Å². The summed E-state index contributed by atoms with van der Waals surface area (Å²) in [5, 5.41) is 3.44. The van der Waals surface area contributed by atoms with Crippen LogP contribution in [0, 0.1) is 12.7 Å². The van der Waals surface area contributed by atoms with Crippen LogP contribution in [0.1, 0.15) is 24.0 Å². The number of hydrogen-bond acceptors (Lipinski definition) is 2. The lowest BCUT2D eigenvalue weighted by Gasteiger charge is -2.12. The summed E-state index contributed by atoms with van der Waals surface area (Å²) in [6.07, 6.45) is 6.10. The number of aromatic nitrogens is 1. The summed E-state index contributed by atoms with van der Waals surface area (Å²) in [5.74, 6) is -0.183. The zero-order valence-corrected chi connectivity index (χ0v) is 11.0. The fourth-order valence-electron chi connectivity index (χ4n) is 2.26. The molecule has 1 saturated carbocycles. The van der Waals surface area contributed by atoms with Gasteiger partial charge in [0, 0.05) is 30.5 Å². The van der Waals surface area contributed by atoms with Crippen molar-refractivity contribution in [3.63, 3.8) is 0 Å². The first-order valence-corrected chi connectivity index (χ1v) is 6.67. The Bertz CT molecular complexity index is 591. The maximum absolute atomic E-state index is 13.5. The second-order valence-electron chi connectivity index (χ2n) is 5.15. The first kappa shape index (κ1) is 12.3. The van der Waals surface area contributed by atoms with Crippen LogP contribution in [0.25, 0.3) is 11.1 Å². The third kappa shape index (κ3) is 2.82. The van der Waals surface area contributed by atoms with Crippen molar-refractivity contribution < 1.29 is 4.39 Å². The van der Waals surface area contributed by atoms with Gasteiger partial charge in [-0.1, -0.05) is 6.07 Å². The molecule has 0 bridgehead atoms. The zero-order chi connectivity index (χ0) is 13.2. The SMILES string of the molecule is Cc1ccncc1-c1ccc(F)cc1CNC1CC1. The van der Waals surface area contributed by atoms with E-state index in [-0.39, 0.29) is 5.82 Å². The number of nitrogens with one attached hydrogen (secondary N) is 1. The zero-order valence-electron chi connectivity index (χ0n) is 11.0. The molecule has 1 aliphatic rings. The molecule has 0 spiro atoms. The molecular weight excluding hydrogens is 239 g/mol. The predicted molar refractivity (Wildman–Crippen MR) is 74.2 cm³/mol. The van der Waals surface area contributed by atoms with Crippen LogP contribution in [-0.4, -0.2) is 11.0 Å². The predicted octanol–water partition coefficient (Wildman–Crippen LogP) is 3.45. The standard InChI is InChI=1S/C16H17FN2/c1-11-6-7-18-10-16(11)15-5-2-13(17)8-12(15)9-19-14-3-4-14/h2,5-8,10,14,19H,3-4,9H2,1H3. The van der Waals surface area contributed by atoms with E-state index in [2.05, 4.69) is 17.2 Å². The number of pyridine rings is 1. The van der Waals surface area contributed by atoms with Crippen molar-refractivity contribution in [2.75, 3.05) is 0 Å². The molecule has 19 heavy (non-hydrogen) atoms. The van der Waals surface area contributed by atoms with Gasteiger partial charge in [0.25, 0.3) is 0 Å². The number of aryl methyl sites for hydroxylation is 1. The summed E-state index contributed by atoms with van der Waals surface area (Å²) in [6, 6.07) is 7.59. The molecule has 0 radical (unpaired) electrons. The van der Waals surface area contributed by atoms with Crippen LogP contribution in [0.4, 0.5) is 4.39 Å². The highest BCUT2D eigenvalue weighted by atomic mass is 19.1. The molecule has 98 valence electrons. The summed E-state index contributed by atoms with van der Waals surface area (Å²) >= 11 is 0. The van der Waals surface area contributed by atoms with Crippen LogP contribution < -0.4 is 5.32 Å². The quantitative estimate of drug-likeness (QED) is 0.906. The summed E-state index contributed by atoms with van der Waals surface area (Å²) < 4.78 is 13.5. The van der Waals surface area contributed by atoms with Crippen molar-refractivity contribution in [1.82, 2.24) is 10.3 Å². The molecule has 2 nitrogen and oxygen atoms in total. The second-order valence-corrected chi connectivity index (χ2v) is 5.15. The molecule has 0 unspecified atom stereocenters. The number of nitrogens with zero attached hydrogens (tertiary/aromatic N) is 1. The van der Waals surface area contributed by atoms with Crippen molar-refractivity contribution in [3.8, 4) is 11.1 Å². The maximum Gasteiger partial charge on any atom is 0.123 e. The Kier molecular flexibility index (Phi) is 3.30. The van der Waals surface area contributed by atoms with E-state index in [0.717, 1.165) is 22.3 Å². The van der Waals surface area contributed by atoms with E-state index in [1.807, 2.05) is 18.3 Å². The fraction of sp³-hybridized carbons (Fsp3) is 0.312. The average molecular weight is 256 g/mol. The minimum Gasteiger partial charge on any atom is -0.310 e. The first-order valence-electron chi connectivity index (χ1n) is 6.67. The Morgan fingerprint density at radius 2 is 2.11 bits per heavy atom. The summed E-state index contributed by atoms with van der Waals surface area (Å²) in [5.41, 5.74) is 4.31. The van der Waals surface area contributed by atoms with Crippen LogP contribution in [0.15, 0.2) is 36.7 Å². The maximum atomic E-state index is 13.5. The fourth-order valence-corrected chi connectivity index (χ4v) is 2.26. The van der Waals surface area contributed by atoms with Crippen molar-refractivity contribution in [1.29, 1.82) is 0 Å². The largest absolute Gasteiger partial charge is 0.310 e. The van der Waals surface area contributed by atoms with Crippen molar-refractivity contribution >= 4 is 0 Å². The van der Waals surface area contributed by atoms with E-state index >= 15 is 0 Å². The van der Waals surface area contributed by atoms with Gasteiger partial charge in [0.05, 0.1) is 0 Å². The first-order chi connectivity index (χ1) is 9.24. The topological polar surface area (TPSA) is 24.9 Å². The average Bonchev–Trinajstić information content (AvgIpc) is 3.22. The van der Waals surface area contributed by atoms with Gasteiger partial charge in [-0.2, -0.15) is 0 Å². The molecule has 0 amide bonds. The molecule has 1 fully saturated rings. The van der Waals surface area contributed by atoms with E-state index in [1.54, 1.807) is 12.3 Å². The number of hydrogen-bond donors (Lipinski definition) is 1. The Hall–Kier alpha value is -1.74. The Balaban J connectivity index is 1.96. The molecule has 3 rings (SSSR count). The lowest BCUT2D eigenvalue weighted by atomic mass is 9.97. The highest BCUT2D eigenvalue weighted by Crippen LogP contribution is 2.28. The van der Waals surface area contributed by atoms with Crippen molar-refractivity contribution in [2.45, 2.75) is 32.4 Å². The van der Waals surface area contributed by atoms with Crippen LogP contribution in [0.2, 0.25) is 0 Å². The van der Waals surface area contributed by atoms with Gasteiger partial charge in [-0.25, -0.2) is 4.39 Å². The molecule has 2 aromatic rings. The second kappa shape index (κ2) is 5.10. The third-order valence-electron chi connectivity index (χ3n) is 3.56. The molecule has 1 N–H and O–H groups in total. The van der Waals surface area contributed by atoms with E-state index in [0.29, 0.717) is 12.6 Å². The van der Waals surface area contributed by atoms with Gasteiger partial charge in [-0.15, -0.1) is 0 Å². The molecule has 1 heterocycles. The summed E-state index contributed by atoms with van der Waals surface area (Å²) in [4.78, 5) is 4.18. The Labute approximate surface area is 112 Å². The molecule has 1 aromatic heterocycles. The number of rotatable bonds is 4. The van der Waals surface area contributed by atoms with Gasteiger partial charge in [0.1, 0.15) is 5.82 Å². The van der Waals surface area contributed by atoms with E-state index in [1.165, 1.54) is 18.9 Å². The molecule has 3 heteroatoms. The van der Waals surface area contributed by atoms with E-state index in [9.17, 15) is 4.39 Å². The van der Waals surface area contributed by atoms with E-state index in [4.69, 9.17) is 0 Å². The van der Waals surface area contributed by atoms with Gasteiger partial charge in [-0.3, -0.25) is 4.98 Å². The highest BCUT2D eigenvalue weighted by Gasteiger charge is 2.20. The molecule has 1 aromatic carbocycles. The van der Waals surface area contributed by atoms with Crippen LogP contribution in [0.3, 0.4) is 0 Å². The molecule has 0 aliphatic heterocycles. The molecule has 1 aliphatic carbocycles. The van der Waals surface area contributed by atoms with Crippen LogP contribution >= 0.6 is 0 Å². The lowest BCUT2D eigenvalue weighted by Crippen LogP contribution is -2.16. The third-order valence-corrected chi connectivity index (χ3v) is 3.56. The van der Waals surface area contributed by atoms with Crippen LogP contribution in [-0.2, 0) is 6.54 Å². The Morgan fingerprint density at radius 1 is 1.26 bits per heavy atom. The van der Waals surface area contributed by atoms with Gasteiger partial charge in [-0.05, 0) is 54.7 Å². The van der Waals surface area contributed by atoms with Crippen molar-refractivity contribution in [3.05, 3.63) is 53.6 Å². The minimum atomic E-state index is -0.183. The van der Waals surface area contributed by atoms with Gasteiger partial charge < -0.3 is 5.32 Å². The van der Waals surface area contributed by atoms with E-state index < -0.39 is 0 Å². The molecular formula is C16H17FN2. The smallest absolute Gasteiger partial charge is 0.123 e. The van der Waals surface area contributed by atoms with Crippen molar-refractivity contribution in [2.24, 2.45) is 0 Å². The minimum absolute atomic E-state index is 0.183. The van der Waals surface area contributed by atoms with Gasteiger partial charge >= 0.3 is 0 Å². The van der Waals surface area contributed by atoms with Crippen LogP contribution in [0.5, 0.6) is 0 Å². The van der Waals surface area contributed by atoms with Gasteiger partial charge in [0.2, 0.25) is 0 Å². The summed E-state index contributed by atoms with van der Waals surface area (Å²) in [6.45, 7) is 2.77. The normalized spacial score (nSPS) is 14.6. The molecule has 0 atom stereocenters. The monoisotopic (exact) mass is 256 g/mol. The number of halogens is 1. The molecule has 0 saturated heterocycles. The summed E-state index contributed by atoms with van der Waals surface area (Å²) in [7, 11) is 0.